The Morgan fingerprint density at radius 3 is 2.95 bits per heavy atom. The monoisotopic (exact) mass is 287 g/mol. The number of anilines is 2. The number of nitrogen functional groups attached to an aromatic ring is 1. The lowest BCUT2D eigenvalue weighted by Gasteiger charge is -2.16. The molecule has 21 heavy (non-hydrogen) atoms. The van der Waals surface area contributed by atoms with Gasteiger partial charge in [0.25, 0.3) is 0 Å². The molecule has 0 fully saturated rings. The SMILES string of the molecule is CN(CCC(=O)Nc1cccc(N)c1)Cc1nccn1C. The number of carbonyl (C=O) groups is 1. The smallest absolute Gasteiger partial charge is 0.225 e. The molecule has 1 aromatic carbocycles. The number of nitrogens with one attached hydrogen (secondary N) is 1. The van der Waals surface area contributed by atoms with E-state index in [2.05, 4.69) is 15.2 Å². The number of benzene rings is 1. The number of hydrogen-bond donors (Lipinski definition) is 2. The topological polar surface area (TPSA) is 76.2 Å². The minimum absolute atomic E-state index is 0.0210. The van der Waals surface area contributed by atoms with E-state index in [0.29, 0.717) is 18.7 Å². The van der Waals surface area contributed by atoms with Crippen LogP contribution < -0.4 is 11.1 Å². The van der Waals surface area contributed by atoms with E-state index in [-0.39, 0.29) is 5.91 Å². The van der Waals surface area contributed by atoms with E-state index in [1.54, 1.807) is 18.3 Å². The van der Waals surface area contributed by atoms with E-state index in [1.807, 2.05) is 37.0 Å². The van der Waals surface area contributed by atoms with Crippen LogP contribution in [0.4, 0.5) is 11.4 Å². The molecule has 6 heteroatoms. The lowest BCUT2D eigenvalue weighted by molar-refractivity contribution is -0.116. The summed E-state index contributed by atoms with van der Waals surface area (Å²) in [5.74, 6) is 0.959. The van der Waals surface area contributed by atoms with Gasteiger partial charge < -0.3 is 15.6 Å². The number of nitrogens with two attached hydrogens (primary N) is 1. The van der Waals surface area contributed by atoms with Gasteiger partial charge in [0.05, 0.1) is 6.54 Å². The third-order valence-electron chi connectivity index (χ3n) is 3.22. The zero-order valence-corrected chi connectivity index (χ0v) is 12.4. The van der Waals surface area contributed by atoms with Crippen LogP contribution in [0, 0.1) is 0 Å². The van der Waals surface area contributed by atoms with Crippen molar-refractivity contribution in [2.75, 3.05) is 24.6 Å². The molecule has 3 N–H and O–H groups in total. The first-order chi connectivity index (χ1) is 10.0. The highest BCUT2D eigenvalue weighted by molar-refractivity contribution is 5.91. The van der Waals surface area contributed by atoms with Gasteiger partial charge in [-0.1, -0.05) is 6.07 Å². The second-order valence-corrected chi connectivity index (χ2v) is 5.12. The zero-order valence-electron chi connectivity index (χ0n) is 12.4. The molecule has 6 nitrogen and oxygen atoms in total. The number of hydrogen-bond acceptors (Lipinski definition) is 4. The fourth-order valence-corrected chi connectivity index (χ4v) is 2.00. The summed E-state index contributed by atoms with van der Waals surface area (Å²) in [7, 11) is 3.94. The normalized spacial score (nSPS) is 10.8. The predicted molar refractivity (Wildman–Crippen MR) is 83.6 cm³/mol. The molecule has 1 heterocycles. The predicted octanol–water partition coefficient (Wildman–Crippen LogP) is 1.46. The van der Waals surface area contributed by atoms with E-state index in [4.69, 9.17) is 5.73 Å². The standard InChI is InChI=1S/C15H21N5O/c1-19(11-14-17-7-9-20(14)2)8-6-15(21)18-13-5-3-4-12(16)10-13/h3-5,7,9-10H,6,8,11,16H2,1-2H3,(H,18,21). The second-order valence-electron chi connectivity index (χ2n) is 5.12. The van der Waals surface area contributed by atoms with Gasteiger partial charge in [-0.3, -0.25) is 9.69 Å². The third-order valence-corrected chi connectivity index (χ3v) is 3.22. The first kappa shape index (κ1) is 15.1. The Labute approximate surface area is 124 Å². The number of nitrogens with zero attached hydrogens (tertiary/aromatic N) is 3. The summed E-state index contributed by atoms with van der Waals surface area (Å²) >= 11 is 0. The molecule has 112 valence electrons. The van der Waals surface area contributed by atoms with Crippen molar-refractivity contribution < 1.29 is 4.79 Å². The molecule has 0 aliphatic heterocycles. The Bertz CT molecular complexity index is 608. The molecule has 1 amide bonds. The van der Waals surface area contributed by atoms with Gasteiger partial charge in [0, 0.05) is 43.8 Å². The maximum absolute atomic E-state index is 11.9. The largest absolute Gasteiger partial charge is 0.399 e. The van der Waals surface area contributed by atoms with Crippen molar-refractivity contribution in [3.8, 4) is 0 Å². The van der Waals surface area contributed by atoms with Gasteiger partial charge in [0.15, 0.2) is 0 Å². The number of amides is 1. The fraction of sp³-hybridized carbons (Fsp3) is 0.333. The van der Waals surface area contributed by atoms with Gasteiger partial charge in [-0.15, -0.1) is 0 Å². The van der Waals surface area contributed by atoms with Gasteiger partial charge in [-0.2, -0.15) is 0 Å². The molecule has 2 rings (SSSR count). The maximum Gasteiger partial charge on any atom is 0.225 e. The number of aryl methyl sites for hydroxylation is 1. The Morgan fingerprint density at radius 1 is 1.48 bits per heavy atom. The molecule has 0 aliphatic rings. The lowest BCUT2D eigenvalue weighted by Crippen LogP contribution is -2.25. The molecule has 1 aromatic heterocycles. The van der Waals surface area contributed by atoms with Crippen molar-refractivity contribution in [1.29, 1.82) is 0 Å². The van der Waals surface area contributed by atoms with Crippen LogP contribution in [0.1, 0.15) is 12.2 Å². The second kappa shape index (κ2) is 6.90. The molecule has 0 saturated heterocycles. The molecular formula is C15H21N5O. The van der Waals surface area contributed by atoms with Gasteiger partial charge >= 0.3 is 0 Å². The quantitative estimate of drug-likeness (QED) is 0.789. The van der Waals surface area contributed by atoms with Gasteiger partial charge in [-0.05, 0) is 25.2 Å². The van der Waals surface area contributed by atoms with Crippen LogP contribution in [0.25, 0.3) is 0 Å². The molecule has 0 radical (unpaired) electrons. The minimum Gasteiger partial charge on any atom is -0.399 e. The summed E-state index contributed by atoms with van der Waals surface area (Å²) in [6.07, 6.45) is 4.11. The molecule has 0 unspecified atom stereocenters. The van der Waals surface area contributed by atoms with Crippen LogP contribution in [-0.4, -0.2) is 34.0 Å². The van der Waals surface area contributed by atoms with E-state index < -0.39 is 0 Å². The summed E-state index contributed by atoms with van der Waals surface area (Å²) in [6, 6.07) is 7.18. The van der Waals surface area contributed by atoms with Crippen LogP contribution in [0.2, 0.25) is 0 Å². The molecule has 0 aliphatic carbocycles. The van der Waals surface area contributed by atoms with Crippen molar-refractivity contribution in [3.05, 3.63) is 42.5 Å². The average Bonchev–Trinajstić information content (AvgIpc) is 2.82. The Morgan fingerprint density at radius 2 is 2.29 bits per heavy atom. The number of imidazole rings is 1. The van der Waals surface area contributed by atoms with E-state index >= 15 is 0 Å². The van der Waals surface area contributed by atoms with Crippen LogP contribution in [0.3, 0.4) is 0 Å². The van der Waals surface area contributed by atoms with Crippen LogP contribution in [0.5, 0.6) is 0 Å². The molecule has 0 spiro atoms. The highest BCUT2D eigenvalue weighted by Gasteiger charge is 2.08. The fourth-order valence-electron chi connectivity index (χ4n) is 2.00. The summed E-state index contributed by atoms with van der Waals surface area (Å²) in [6.45, 7) is 1.38. The van der Waals surface area contributed by atoms with Crippen molar-refractivity contribution in [3.63, 3.8) is 0 Å². The van der Waals surface area contributed by atoms with Crippen molar-refractivity contribution >= 4 is 17.3 Å². The highest BCUT2D eigenvalue weighted by Crippen LogP contribution is 2.12. The Kier molecular flexibility index (Phi) is 4.94. The Balaban J connectivity index is 1.77. The summed E-state index contributed by atoms with van der Waals surface area (Å²) in [4.78, 5) is 18.2. The van der Waals surface area contributed by atoms with E-state index in [0.717, 1.165) is 18.1 Å². The highest BCUT2D eigenvalue weighted by atomic mass is 16.1. The first-order valence-electron chi connectivity index (χ1n) is 6.85. The van der Waals surface area contributed by atoms with E-state index in [1.165, 1.54) is 0 Å². The van der Waals surface area contributed by atoms with Gasteiger partial charge in [0.1, 0.15) is 5.82 Å². The van der Waals surface area contributed by atoms with E-state index in [9.17, 15) is 4.79 Å². The van der Waals surface area contributed by atoms with Crippen LogP contribution in [-0.2, 0) is 18.4 Å². The van der Waals surface area contributed by atoms with Crippen molar-refractivity contribution in [2.45, 2.75) is 13.0 Å². The maximum atomic E-state index is 11.9. The van der Waals surface area contributed by atoms with Crippen LogP contribution in [0.15, 0.2) is 36.7 Å². The zero-order chi connectivity index (χ0) is 15.2. The van der Waals surface area contributed by atoms with Crippen molar-refractivity contribution in [1.82, 2.24) is 14.5 Å². The Hall–Kier alpha value is -2.34. The molecule has 0 atom stereocenters. The molecule has 0 saturated carbocycles. The summed E-state index contributed by atoms with van der Waals surface area (Å²) in [5.41, 5.74) is 7.04. The number of aromatic nitrogens is 2. The van der Waals surface area contributed by atoms with Gasteiger partial charge in [0.2, 0.25) is 5.91 Å². The minimum atomic E-state index is -0.0210. The number of carbonyl (C=O) groups excluding carboxylic acids is 1. The third kappa shape index (κ3) is 4.61. The number of rotatable bonds is 6. The van der Waals surface area contributed by atoms with Crippen molar-refractivity contribution in [2.24, 2.45) is 7.05 Å². The summed E-state index contributed by atoms with van der Waals surface area (Å²) in [5, 5.41) is 2.84. The molecule has 0 bridgehead atoms. The van der Waals surface area contributed by atoms with Crippen LogP contribution >= 0.6 is 0 Å². The molecular weight excluding hydrogens is 266 g/mol. The summed E-state index contributed by atoms with van der Waals surface area (Å²) < 4.78 is 1.98. The molecule has 2 aromatic rings. The first-order valence-corrected chi connectivity index (χ1v) is 6.85. The lowest BCUT2D eigenvalue weighted by atomic mass is 10.2. The average molecular weight is 287 g/mol. The van der Waals surface area contributed by atoms with Gasteiger partial charge in [-0.25, -0.2) is 4.98 Å².